The Bertz CT molecular complexity index is 276. The Hall–Kier alpha value is -1.25. The highest BCUT2D eigenvalue weighted by Gasteiger charge is 2.15. The number of unbranched alkanes of at least 4 members (excludes halogenated alkanes) is 7. The summed E-state index contributed by atoms with van der Waals surface area (Å²) in [6.45, 7) is 11.3. The lowest BCUT2D eigenvalue weighted by molar-refractivity contribution is -0.125. The van der Waals surface area contributed by atoms with E-state index in [1.807, 2.05) is 0 Å². The van der Waals surface area contributed by atoms with Crippen molar-refractivity contribution in [3.8, 4) is 0 Å². The van der Waals surface area contributed by atoms with Crippen LogP contribution in [0, 0.1) is 0 Å². The van der Waals surface area contributed by atoms with E-state index in [0.717, 1.165) is 19.5 Å². The summed E-state index contributed by atoms with van der Waals surface area (Å²) >= 11 is 0. The van der Waals surface area contributed by atoms with E-state index in [-0.39, 0.29) is 5.91 Å². The number of carbonyl (C=O) groups excluding carboxylic acids is 1. The quantitative estimate of drug-likeness (QED) is 0.564. The minimum atomic E-state index is 0.208. The van der Waals surface area contributed by atoms with Gasteiger partial charge in [0.15, 0.2) is 0 Å². The van der Waals surface area contributed by atoms with Gasteiger partial charge in [0.25, 0.3) is 0 Å². The van der Waals surface area contributed by atoms with E-state index in [1.165, 1.54) is 51.4 Å². The van der Waals surface area contributed by atoms with E-state index < -0.39 is 0 Å². The van der Waals surface area contributed by atoms with Crippen LogP contribution in [0.15, 0.2) is 25.6 Å². The zero-order valence-electron chi connectivity index (χ0n) is 13.9. The smallest absolute Gasteiger partial charge is 0.226 e. The molecule has 1 fully saturated rings. The van der Waals surface area contributed by atoms with Gasteiger partial charge < -0.3 is 10.2 Å². The molecule has 1 aliphatic rings. The molecule has 21 heavy (non-hydrogen) atoms. The van der Waals surface area contributed by atoms with Crippen molar-refractivity contribution in [3.05, 3.63) is 25.6 Å². The summed E-state index contributed by atoms with van der Waals surface area (Å²) in [6.07, 6.45) is 16.2. The predicted octanol–water partition coefficient (Wildman–Crippen LogP) is 4.61. The normalized spacial score (nSPS) is 13.6. The van der Waals surface area contributed by atoms with Crippen molar-refractivity contribution < 1.29 is 4.79 Å². The van der Waals surface area contributed by atoms with Gasteiger partial charge in [-0.1, -0.05) is 65.0 Å². The van der Waals surface area contributed by atoms with Gasteiger partial charge in [-0.3, -0.25) is 4.79 Å². The van der Waals surface area contributed by atoms with Crippen LogP contribution in [0.1, 0.15) is 71.1 Å². The Morgan fingerprint density at radius 1 is 1.10 bits per heavy atom. The minimum absolute atomic E-state index is 0.208. The fourth-order valence-electron chi connectivity index (χ4n) is 2.33. The highest BCUT2D eigenvalue weighted by molar-refractivity contribution is 5.78. The van der Waals surface area contributed by atoms with Gasteiger partial charge in [-0.2, -0.15) is 0 Å². The maximum atomic E-state index is 10.7. The number of hydrogen-bond acceptors (Lipinski definition) is 2. The number of amides is 1. The highest BCUT2D eigenvalue weighted by atomic mass is 16.2. The second-order valence-corrected chi connectivity index (χ2v) is 5.51. The number of rotatable bonds is 11. The highest BCUT2D eigenvalue weighted by Crippen LogP contribution is 2.08. The van der Waals surface area contributed by atoms with E-state index in [9.17, 15) is 4.79 Å². The lowest BCUT2D eigenvalue weighted by atomic mass is 10.1. The van der Waals surface area contributed by atoms with Gasteiger partial charge in [0.05, 0.1) is 0 Å². The molecule has 0 radical (unpaired) electrons. The van der Waals surface area contributed by atoms with Crippen LogP contribution < -0.4 is 5.32 Å². The van der Waals surface area contributed by atoms with Gasteiger partial charge in [-0.15, -0.1) is 0 Å². The zero-order chi connectivity index (χ0) is 15.8. The maximum absolute atomic E-state index is 10.7. The first-order valence-electron chi connectivity index (χ1n) is 8.52. The summed E-state index contributed by atoms with van der Waals surface area (Å²) in [6, 6.07) is 0. The van der Waals surface area contributed by atoms with Crippen LogP contribution in [0.25, 0.3) is 0 Å². The number of carbonyl (C=O) groups is 1. The Morgan fingerprint density at radius 3 is 2.14 bits per heavy atom. The molecule has 1 amide bonds. The SMILES string of the molecule is C=CN1CCCC1=O.C=CNCCCCCCCCCC. The first-order chi connectivity index (χ1) is 10.3. The van der Waals surface area contributed by atoms with Gasteiger partial charge >= 0.3 is 0 Å². The molecule has 0 aromatic carbocycles. The van der Waals surface area contributed by atoms with Crippen LogP contribution in [0.4, 0.5) is 0 Å². The van der Waals surface area contributed by atoms with Gasteiger partial charge in [0, 0.05) is 19.5 Å². The van der Waals surface area contributed by atoms with E-state index in [0.29, 0.717) is 6.42 Å². The second-order valence-electron chi connectivity index (χ2n) is 5.51. The van der Waals surface area contributed by atoms with E-state index >= 15 is 0 Å². The molecule has 0 aliphatic carbocycles. The van der Waals surface area contributed by atoms with Gasteiger partial charge in [-0.25, -0.2) is 0 Å². The lowest BCUT2D eigenvalue weighted by Crippen LogP contribution is -2.16. The molecule has 1 saturated heterocycles. The molecule has 1 N–H and O–H groups in total. The van der Waals surface area contributed by atoms with Crippen molar-refractivity contribution in [2.45, 2.75) is 71.1 Å². The minimum Gasteiger partial charge on any atom is -0.391 e. The number of nitrogens with one attached hydrogen (secondary N) is 1. The topological polar surface area (TPSA) is 32.3 Å². The van der Waals surface area contributed by atoms with E-state index in [2.05, 4.69) is 25.4 Å². The molecule has 0 saturated carbocycles. The zero-order valence-corrected chi connectivity index (χ0v) is 13.9. The van der Waals surface area contributed by atoms with Crippen molar-refractivity contribution in [1.29, 1.82) is 0 Å². The molecule has 0 unspecified atom stereocenters. The number of nitrogens with zero attached hydrogens (tertiary/aromatic N) is 1. The summed E-state index contributed by atoms with van der Waals surface area (Å²) in [5, 5.41) is 3.12. The van der Waals surface area contributed by atoms with Gasteiger partial charge in [0.2, 0.25) is 5.91 Å². The molecular weight excluding hydrogens is 260 g/mol. The second kappa shape index (κ2) is 15.1. The molecule has 3 heteroatoms. The Morgan fingerprint density at radius 2 is 1.71 bits per heavy atom. The summed E-state index contributed by atoms with van der Waals surface area (Å²) in [7, 11) is 0. The van der Waals surface area contributed by atoms with Crippen LogP contribution in [-0.2, 0) is 4.79 Å². The number of likely N-dealkylation sites (tertiary alicyclic amines) is 1. The third-order valence-electron chi connectivity index (χ3n) is 3.65. The molecule has 3 nitrogen and oxygen atoms in total. The average molecular weight is 294 g/mol. The fraction of sp³-hybridized carbons (Fsp3) is 0.722. The van der Waals surface area contributed by atoms with Crippen LogP contribution in [-0.4, -0.2) is 23.9 Å². The third kappa shape index (κ3) is 12.2. The molecule has 1 heterocycles. The van der Waals surface area contributed by atoms with Crippen LogP contribution in [0.5, 0.6) is 0 Å². The fourth-order valence-corrected chi connectivity index (χ4v) is 2.33. The monoisotopic (exact) mass is 294 g/mol. The summed E-state index contributed by atoms with van der Waals surface area (Å²) < 4.78 is 0. The van der Waals surface area contributed by atoms with Crippen molar-refractivity contribution in [3.63, 3.8) is 0 Å². The van der Waals surface area contributed by atoms with Crippen LogP contribution >= 0.6 is 0 Å². The summed E-state index contributed by atoms with van der Waals surface area (Å²) in [5.41, 5.74) is 0. The predicted molar refractivity (Wildman–Crippen MR) is 92.0 cm³/mol. The maximum Gasteiger partial charge on any atom is 0.226 e. The third-order valence-corrected chi connectivity index (χ3v) is 3.65. The first-order valence-corrected chi connectivity index (χ1v) is 8.52. The molecular formula is C18H34N2O. The molecule has 122 valence electrons. The molecule has 0 atom stereocenters. The van der Waals surface area contributed by atoms with Crippen LogP contribution in [0.2, 0.25) is 0 Å². The van der Waals surface area contributed by atoms with Crippen molar-refractivity contribution in [1.82, 2.24) is 10.2 Å². The standard InChI is InChI=1S/C12H25N.C6H9NO/c1-3-5-6-7-8-9-10-11-12-13-4-2;1-2-7-5-3-4-6(7)8/h4,13H,2-3,5-12H2,1H3;2H,1,3-5H2. The molecule has 0 aromatic heterocycles. The van der Waals surface area contributed by atoms with Crippen molar-refractivity contribution in [2.75, 3.05) is 13.1 Å². The molecule has 0 aromatic rings. The van der Waals surface area contributed by atoms with Crippen molar-refractivity contribution in [2.24, 2.45) is 0 Å². The number of hydrogen-bond donors (Lipinski definition) is 1. The van der Waals surface area contributed by atoms with Gasteiger partial charge in [-0.05, 0) is 25.2 Å². The van der Waals surface area contributed by atoms with Crippen LogP contribution in [0.3, 0.4) is 0 Å². The first kappa shape index (κ1) is 19.8. The average Bonchev–Trinajstić information content (AvgIpc) is 2.91. The van der Waals surface area contributed by atoms with Gasteiger partial charge in [0.1, 0.15) is 0 Å². The molecule has 0 spiro atoms. The largest absolute Gasteiger partial charge is 0.391 e. The molecule has 0 bridgehead atoms. The van der Waals surface area contributed by atoms with Crippen molar-refractivity contribution >= 4 is 5.91 Å². The Labute approximate surface area is 131 Å². The van der Waals surface area contributed by atoms with E-state index in [1.54, 1.807) is 17.3 Å². The lowest BCUT2D eigenvalue weighted by Gasteiger charge is -2.05. The summed E-state index contributed by atoms with van der Waals surface area (Å²) in [4.78, 5) is 12.3. The molecule has 1 aliphatic heterocycles. The summed E-state index contributed by atoms with van der Waals surface area (Å²) in [5.74, 6) is 0.208. The Kier molecular flexibility index (Phi) is 14.2. The van der Waals surface area contributed by atoms with E-state index in [4.69, 9.17) is 0 Å². The Balaban J connectivity index is 0.000000423. The molecule has 1 rings (SSSR count).